The molecule has 1 aromatic carbocycles. The summed E-state index contributed by atoms with van der Waals surface area (Å²) < 4.78 is 5.67. The highest BCUT2D eigenvalue weighted by atomic mass is 35.5. The van der Waals surface area contributed by atoms with Crippen molar-refractivity contribution < 1.29 is 14.3 Å². The van der Waals surface area contributed by atoms with Gasteiger partial charge < -0.3 is 14.4 Å². The number of aliphatic hydroxyl groups excluding tert-OH is 1. The number of hydrogen-bond donors (Lipinski definition) is 1. The summed E-state index contributed by atoms with van der Waals surface area (Å²) in [5.74, 6) is 1.14. The molecule has 1 aliphatic rings. The predicted molar refractivity (Wildman–Crippen MR) is 82.5 cm³/mol. The number of hydrogen-bond acceptors (Lipinski definition) is 4. The smallest absolute Gasteiger partial charge is 0.223 e. The van der Waals surface area contributed by atoms with Crippen LogP contribution in [0.2, 0.25) is 5.02 Å². The Morgan fingerprint density at radius 1 is 1.45 bits per heavy atom. The van der Waals surface area contributed by atoms with E-state index in [-0.39, 0.29) is 5.91 Å². The van der Waals surface area contributed by atoms with E-state index in [2.05, 4.69) is 4.98 Å². The van der Waals surface area contributed by atoms with Gasteiger partial charge in [-0.3, -0.25) is 4.79 Å². The zero-order valence-corrected chi connectivity index (χ0v) is 12.8. The molecule has 5 nitrogen and oxygen atoms in total. The number of oxazole rings is 1. The van der Waals surface area contributed by atoms with E-state index >= 15 is 0 Å². The van der Waals surface area contributed by atoms with Gasteiger partial charge in [-0.15, -0.1) is 0 Å². The van der Waals surface area contributed by atoms with E-state index in [0.29, 0.717) is 49.0 Å². The van der Waals surface area contributed by atoms with Crippen LogP contribution in [0.1, 0.15) is 18.7 Å². The molecule has 6 heteroatoms. The van der Waals surface area contributed by atoms with Gasteiger partial charge in [0.1, 0.15) is 0 Å². The normalized spacial score (nSPS) is 17.9. The third-order valence-corrected chi connectivity index (χ3v) is 4.09. The molecule has 2 heterocycles. The van der Waals surface area contributed by atoms with Gasteiger partial charge in [-0.25, -0.2) is 4.98 Å². The van der Waals surface area contributed by atoms with Crippen LogP contribution in [-0.2, 0) is 11.2 Å². The zero-order valence-electron chi connectivity index (χ0n) is 12.0. The molecule has 2 aromatic rings. The Labute approximate surface area is 133 Å². The van der Waals surface area contributed by atoms with Gasteiger partial charge in [0.2, 0.25) is 5.91 Å². The van der Waals surface area contributed by atoms with Crippen LogP contribution in [-0.4, -0.2) is 40.1 Å². The van der Waals surface area contributed by atoms with Gasteiger partial charge in [0.25, 0.3) is 0 Å². The first-order chi connectivity index (χ1) is 10.6. The standard InChI is InChI=1S/C16H17ClN2O3/c17-13-4-2-1-3-12(13)14-9-18-15(22-14)5-6-16(21)19-8-7-11(20)10-19/h1-4,9,11,20H,5-8,10H2/t11-/m1/s1. The van der Waals surface area contributed by atoms with Crippen LogP contribution in [0.4, 0.5) is 0 Å². The van der Waals surface area contributed by atoms with Gasteiger partial charge in [0.15, 0.2) is 11.7 Å². The quantitative estimate of drug-likeness (QED) is 0.940. The second-order valence-corrected chi connectivity index (χ2v) is 5.79. The van der Waals surface area contributed by atoms with Crippen molar-refractivity contribution in [2.24, 2.45) is 0 Å². The molecule has 1 atom stereocenters. The van der Waals surface area contributed by atoms with Crippen molar-refractivity contribution in [3.63, 3.8) is 0 Å². The number of carbonyl (C=O) groups is 1. The number of aryl methyl sites for hydroxylation is 1. The molecule has 1 N–H and O–H groups in total. The molecule has 0 aliphatic carbocycles. The highest BCUT2D eigenvalue weighted by Gasteiger charge is 2.24. The Morgan fingerprint density at radius 3 is 3.00 bits per heavy atom. The molecule has 0 unspecified atom stereocenters. The van der Waals surface area contributed by atoms with E-state index in [9.17, 15) is 9.90 Å². The van der Waals surface area contributed by atoms with Crippen LogP contribution >= 0.6 is 11.6 Å². The molecular weight excluding hydrogens is 304 g/mol. The van der Waals surface area contributed by atoms with Crippen molar-refractivity contribution in [2.45, 2.75) is 25.4 Å². The number of nitrogens with zero attached hydrogens (tertiary/aromatic N) is 2. The van der Waals surface area contributed by atoms with Crippen molar-refractivity contribution in [1.82, 2.24) is 9.88 Å². The molecule has 0 bridgehead atoms. The third kappa shape index (κ3) is 3.31. The van der Waals surface area contributed by atoms with E-state index in [1.54, 1.807) is 17.2 Å². The number of rotatable bonds is 4. The van der Waals surface area contributed by atoms with E-state index in [1.807, 2.05) is 18.2 Å². The summed E-state index contributed by atoms with van der Waals surface area (Å²) in [6.45, 7) is 1.05. The van der Waals surface area contributed by atoms with Crippen molar-refractivity contribution in [2.75, 3.05) is 13.1 Å². The van der Waals surface area contributed by atoms with E-state index in [4.69, 9.17) is 16.0 Å². The maximum Gasteiger partial charge on any atom is 0.223 e. The number of aromatic nitrogens is 1. The number of benzene rings is 1. The van der Waals surface area contributed by atoms with Gasteiger partial charge >= 0.3 is 0 Å². The van der Waals surface area contributed by atoms with Crippen molar-refractivity contribution >= 4 is 17.5 Å². The van der Waals surface area contributed by atoms with Gasteiger partial charge in [0.05, 0.1) is 17.3 Å². The average molecular weight is 321 g/mol. The van der Waals surface area contributed by atoms with Crippen molar-refractivity contribution in [1.29, 1.82) is 0 Å². The van der Waals surface area contributed by atoms with Gasteiger partial charge in [-0.1, -0.05) is 23.7 Å². The summed E-state index contributed by atoms with van der Waals surface area (Å²) in [4.78, 5) is 17.9. The van der Waals surface area contributed by atoms with Crippen LogP contribution in [0, 0.1) is 0 Å². The monoisotopic (exact) mass is 320 g/mol. The van der Waals surface area contributed by atoms with Crippen LogP contribution in [0.3, 0.4) is 0 Å². The Kier molecular flexibility index (Phi) is 4.45. The van der Waals surface area contributed by atoms with Gasteiger partial charge in [0, 0.05) is 31.5 Å². The number of likely N-dealkylation sites (tertiary alicyclic amines) is 1. The Bertz CT molecular complexity index is 671. The minimum absolute atomic E-state index is 0.0223. The molecule has 0 radical (unpaired) electrons. The van der Waals surface area contributed by atoms with Crippen LogP contribution < -0.4 is 0 Å². The van der Waals surface area contributed by atoms with Crippen LogP contribution in [0.5, 0.6) is 0 Å². The molecule has 22 heavy (non-hydrogen) atoms. The lowest BCUT2D eigenvalue weighted by Crippen LogP contribution is -2.29. The largest absolute Gasteiger partial charge is 0.441 e. The fourth-order valence-corrected chi connectivity index (χ4v) is 2.78. The summed E-state index contributed by atoms with van der Waals surface area (Å²) in [6, 6.07) is 7.39. The Hall–Kier alpha value is -1.85. The molecular formula is C16H17ClN2O3. The number of amides is 1. The molecule has 0 spiro atoms. The summed E-state index contributed by atoms with van der Waals surface area (Å²) in [5.41, 5.74) is 0.789. The number of β-amino-alcohol motifs (C(OH)–C–C–N with tert-alkyl or cyclic N) is 1. The molecule has 1 amide bonds. The van der Waals surface area contributed by atoms with Gasteiger partial charge in [-0.05, 0) is 18.6 Å². The molecule has 1 aromatic heterocycles. The molecule has 0 saturated carbocycles. The maximum absolute atomic E-state index is 12.0. The molecule has 116 valence electrons. The maximum atomic E-state index is 12.0. The van der Waals surface area contributed by atoms with Gasteiger partial charge in [-0.2, -0.15) is 0 Å². The summed E-state index contributed by atoms with van der Waals surface area (Å²) >= 11 is 6.12. The van der Waals surface area contributed by atoms with Crippen LogP contribution in [0.15, 0.2) is 34.9 Å². The second kappa shape index (κ2) is 6.50. The van der Waals surface area contributed by atoms with Crippen LogP contribution in [0.25, 0.3) is 11.3 Å². The minimum atomic E-state index is -0.391. The molecule has 3 rings (SSSR count). The molecule has 1 saturated heterocycles. The summed E-state index contributed by atoms with van der Waals surface area (Å²) in [7, 11) is 0. The van der Waals surface area contributed by atoms with E-state index < -0.39 is 6.10 Å². The number of halogens is 1. The summed E-state index contributed by atoms with van der Waals surface area (Å²) in [5, 5.41) is 10.1. The Morgan fingerprint density at radius 2 is 2.27 bits per heavy atom. The number of carbonyl (C=O) groups excluding carboxylic acids is 1. The lowest BCUT2D eigenvalue weighted by Gasteiger charge is -2.14. The number of aliphatic hydroxyl groups is 1. The van der Waals surface area contributed by atoms with Crippen molar-refractivity contribution in [3.8, 4) is 11.3 Å². The fourth-order valence-electron chi connectivity index (χ4n) is 2.55. The summed E-state index contributed by atoms with van der Waals surface area (Å²) in [6.07, 6.45) is 2.66. The predicted octanol–water partition coefficient (Wildman–Crippen LogP) is 2.52. The SMILES string of the molecule is O=C(CCc1ncc(-c2ccccc2Cl)o1)N1CC[C@@H](O)C1. The lowest BCUT2D eigenvalue weighted by molar-refractivity contribution is -0.130. The lowest BCUT2D eigenvalue weighted by atomic mass is 10.2. The second-order valence-electron chi connectivity index (χ2n) is 5.38. The Balaban J connectivity index is 1.60. The first-order valence-electron chi connectivity index (χ1n) is 7.29. The highest BCUT2D eigenvalue weighted by Crippen LogP contribution is 2.28. The topological polar surface area (TPSA) is 66.6 Å². The first-order valence-corrected chi connectivity index (χ1v) is 7.67. The molecule has 1 aliphatic heterocycles. The average Bonchev–Trinajstić information content (AvgIpc) is 3.14. The highest BCUT2D eigenvalue weighted by molar-refractivity contribution is 6.33. The molecule has 1 fully saturated rings. The fraction of sp³-hybridized carbons (Fsp3) is 0.375. The zero-order chi connectivity index (χ0) is 15.5. The van der Waals surface area contributed by atoms with Crippen molar-refractivity contribution in [3.05, 3.63) is 41.4 Å². The third-order valence-electron chi connectivity index (χ3n) is 3.76. The van der Waals surface area contributed by atoms with E-state index in [1.165, 1.54) is 0 Å². The van der Waals surface area contributed by atoms with E-state index in [0.717, 1.165) is 5.56 Å². The first kappa shape index (κ1) is 15.1. The minimum Gasteiger partial charge on any atom is -0.441 e.